The van der Waals surface area contributed by atoms with Gasteiger partial charge in [0.2, 0.25) is 0 Å². The molecule has 0 aliphatic rings. The molecule has 2 aromatic heterocycles. The summed E-state index contributed by atoms with van der Waals surface area (Å²) >= 11 is 5.57. The Bertz CT molecular complexity index is 1550. The molecule has 0 fully saturated rings. The van der Waals surface area contributed by atoms with Crippen LogP contribution in [0.15, 0.2) is 48.7 Å². The first-order valence-electron chi connectivity index (χ1n) is 9.35. The molecule has 0 aliphatic carbocycles. The number of imidazole rings is 1. The molecule has 4 rings (SSSR count). The third-order valence-corrected chi connectivity index (χ3v) is 5.45. The van der Waals surface area contributed by atoms with Crippen LogP contribution >= 0.6 is 12.2 Å². The molecule has 166 valence electrons. The summed E-state index contributed by atoms with van der Waals surface area (Å²) < 4.78 is 57.9. The van der Waals surface area contributed by atoms with Crippen LogP contribution in [0.25, 0.3) is 22.5 Å². The first-order valence-corrected chi connectivity index (χ1v) is 9.76. The highest BCUT2D eigenvalue weighted by Crippen LogP contribution is 2.35. The lowest BCUT2D eigenvalue weighted by Crippen LogP contribution is -2.13. The molecule has 2 N–H and O–H groups in total. The van der Waals surface area contributed by atoms with Gasteiger partial charge in [-0.3, -0.25) is 13.9 Å². The number of rotatable bonds is 3. The number of aryl methyl sites for hydroxylation is 1. The number of carbonyl (C=O) groups excluding carboxylic acids is 1. The van der Waals surface area contributed by atoms with Gasteiger partial charge >= 0.3 is 6.18 Å². The molecule has 2 aromatic carbocycles. The highest BCUT2D eigenvalue weighted by atomic mass is 32.1. The van der Waals surface area contributed by atoms with Gasteiger partial charge in [-0.2, -0.15) is 18.4 Å². The Kier molecular flexibility index (Phi) is 5.26. The molecule has 11 heteroatoms. The van der Waals surface area contributed by atoms with E-state index in [1.807, 2.05) is 0 Å². The van der Waals surface area contributed by atoms with Crippen molar-refractivity contribution in [3.05, 3.63) is 81.5 Å². The van der Waals surface area contributed by atoms with E-state index in [2.05, 4.69) is 4.98 Å². The summed E-state index contributed by atoms with van der Waals surface area (Å²) in [6.07, 6.45) is -3.29. The fourth-order valence-electron chi connectivity index (χ4n) is 3.58. The van der Waals surface area contributed by atoms with Gasteiger partial charge in [-0.25, -0.2) is 9.37 Å². The number of primary amides is 1. The molecule has 0 atom stereocenters. The number of carbonyl (C=O) groups is 1. The van der Waals surface area contributed by atoms with Crippen molar-refractivity contribution in [3.63, 3.8) is 0 Å². The number of hydrogen-bond acceptors (Lipinski definition) is 4. The smallest absolute Gasteiger partial charge is 0.366 e. The summed E-state index contributed by atoms with van der Waals surface area (Å²) in [6, 6.07) is 10.1. The topological polar surface area (TPSA) is 89.6 Å². The number of nitriles is 1. The van der Waals surface area contributed by atoms with Crippen LogP contribution < -0.4 is 5.73 Å². The Balaban J connectivity index is 2.07. The van der Waals surface area contributed by atoms with E-state index in [-0.39, 0.29) is 27.4 Å². The number of fused-ring (bicyclic) bond motifs is 1. The van der Waals surface area contributed by atoms with Crippen LogP contribution in [0.4, 0.5) is 17.6 Å². The van der Waals surface area contributed by atoms with Crippen molar-refractivity contribution in [1.29, 1.82) is 5.26 Å². The Hall–Kier alpha value is -4.04. The molecular weight excluding hydrogens is 458 g/mol. The Morgan fingerprint density at radius 1 is 1.12 bits per heavy atom. The average molecular weight is 471 g/mol. The van der Waals surface area contributed by atoms with Gasteiger partial charge in [-0.15, -0.1) is 0 Å². The van der Waals surface area contributed by atoms with Gasteiger partial charge in [-0.05, 0) is 67.2 Å². The number of nitrogens with zero attached hydrogens (tertiary/aromatic N) is 4. The van der Waals surface area contributed by atoms with Crippen LogP contribution in [0.3, 0.4) is 0 Å². The monoisotopic (exact) mass is 471 g/mol. The van der Waals surface area contributed by atoms with Crippen LogP contribution in [0.5, 0.6) is 0 Å². The van der Waals surface area contributed by atoms with Gasteiger partial charge in [-0.1, -0.05) is 0 Å². The Morgan fingerprint density at radius 2 is 1.79 bits per heavy atom. The van der Waals surface area contributed by atoms with Crippen molar-refractivity contribution >= 4 is 29.3 Å². The van der Waals surface area contributed by atoms with E-state index in [0.717, 1.165) is 18.2 Å². The molecule has 1 amide bonds. The number of nitrogens with two attached hydrogens (primary N) is 1. The van der Waals surface area contributed by atoms with Gasteiger partial charge in [0.1, 0.15) is 5.82 Å². The molecular formula is C22H13F4N5OS. The van der Waals surface area contributed by atoms with Crippen LogP contribution in [0, 0.1) is 28.8 Å². The van der Waals surface area contributed by atoms with Crippen molar-refractivity contribution in [2.24, 2.45) is 5.73 Å². The SMILES string of the molecule is Cc1ccnc2c1n(-c1ccc(C(N)=O)c(F)c1)c(=S)n2-c1ccc(C#N)c(C(F)(F)F)c1. The molecule has 2 heterocycles. The summed E-state index contributed by atoms with van der Waals surface area (Å²) in [4.78, 5) is 15.7. The van der Waals surface area contributed by atoms with E-state index < -0.39 is 29.0 Å². The van der Waals surface area contributed by atoms with Crippen molar-refractivity contribution in [2.75, 3.05) is 0 Å². The van der Waals surface area contributed by atoms with E-state index in [1.54, 1.807) is 13.0 Å². The zero-order chi connectivity index (χ0) is 24.1. The number of hydrogen-bond donors (Lipinski definition) is 1. The minimum Gasteiger partial charge on any atom is -0.366 e. The first-order chi connectivity index (χ1) is 15.5. The standard InChI is InChI=1S/C22H13F4N5OS/c1-11-6-7-29-20-18(11)30(14-4-5-15(19(28)32)17(23)9-14)21(33)31(20)13-3-2-12(10-27)16(8-13)22(24,25)26/h2-9H,1H3,(H2,28,32). The molecule has 0 unspecified atom stereocenters. The highest BCUT2D eigenvalue weighted by Gasteiger charge is 2.34. The second kappa shape index (κ2) is 7.83. The number of amides is 1. The zero-order valence-electron chi connectivity index (χ0n) is 16.8. The van der Waals surface area contributed by atoms with E-state index in [0.29, 0.717) is 11.1 Å². The molecule has 0 saturated carbocycles. The second-order valence-electron chi connectivity index (χ2n) is 7.12. The van der Waals surface area contributed by atoms with E-state index in [4.69, 9.17) is 23.2 Å². The number of aromatic nitrogens is 3. The van der Waals surface area contributed by atoms with E-state index in [9.17, 15) is 22.4 Å². The maximum atomic E-state index is 14.5. The first kappa shape index (κ1) is 22.2. The average Bonchev–Trinajstić information content (AvgIpc) is 3.05. The van der Waals surface area contributed by atoms with Crippen LogP contribution in [-0.4, -0.2) is 20.0 Å². The van der Waals surface area contributed by atoms with Crippen LogP contribution in [0.2, 0.25) is 0 Å². The Morgan fingerprint density at radius 3 is 2.39 bits per heavy atom. The molecule has 0 radical (unpaired) electrons. The fourth-order valence-corrected chi connectivity index (χ4v) is 3.97. The van der Waals surface area contributed by atoms with Gasteiger partial charge in [0, 0.05) is 6.20 Å². The van der Waals surface area contributed by atoms with Crippen molar-refractivity contribution in [3.8, 4) is 17.4 Å². The molecule has 4 aromatic rings. The van der Waals surface area contributed by atoms with Crippen molar-refractivity contribution < 1.29 is 22.4 Å². The summed E-state index contributed by atoms with van der Waals surface area (Å²) in [5.41, 5.74) is 4.81. The van der Waals surface area contributed by atoms with Crippen molar-refractivity contribution in [2.45, 2.75) is 13.1 Å². The van der Waals surface area contributed by atoms with Gasteiger partial charge in [0.05, 0.1) is 39.7 Å². The number of pyridine rings is 1. The fraction of sp³-hybridized carbons (Fsp3) is 0.0909. The summed E-state index contributed by atoms with van der Waals surface area (Å²) in [5.74, 6) is -1.82. The molecule has 0 spiro atoms. The molecule has 33 heavy (non-hydrogen) atoms. The third kappa shape index (κ3) is 3.64. The lowest BCUT2D eigenvalue weighted by molar-refractivity contribution is -0.137. The summed E-state index contributed by atoms with van der Waals surface area (Å²) in [5, 5.41) is 9.08. The Labute approximate surface area is 189 Å². The van der Waals surface area contributed by atoms with Gasteiger partial charge in [0.25, 0.3) is 5.91 Å². The van der Waals surface area contributed by atoms with Crippen LogP contribution in [-0.2, 0) is 6.18 Å². The zero-order valence-corrected chi connectivity index (χ0v) is 17.6. The van der Waals surface area contributed by atoms with Gasteiger partial charge in [0.15, 0.2) is 10.4 Å². The molecule has 0 saturated heterocycles. The molecule has 6 nitrogen and oxygen atoms in total. The predicted octanol–water partition coefficient (Wildman–Crippen LogP) is 4.98. The maximum Gasteiger partial charge on any atom is 0.417 e. The normalized spacial score (nSPS) is 11.5. The molecule has 0 aliphatic heterocycles. The summed E-state index contributed by atoms with van der Waals surface area (Å²) in [6.45, 7) is 1.74. The quantitative estimate of drug-likeness (QED) is 0.337. The number of alkyl halides is 3. The van der Waals surface area contributed by atoms with E-state index in [1.165, 1.54) is 39.6 Å². The molecule has 0 bridgehead atoms. The second-order valence-corrected chi connectivity index (χ2v) is 7.49. The van der Waals surface area contributed by atoms with Crippen molar-refractivity contribution in [1.82, 2.24) is 14.1 Å². The number of benzene rings is 2. The minimum absolute atomic E-state index is 0.0101. The largest absolute Gasteiger partial charge is 0.417 e. The van der Waals surface area contributed by atoms with Crippen LogP contribution in [0.1, 0.15) is 27.0 Å². The van der Waals surface area contributed by atoms with E-state index >= 15 is 0 Å². The summed E-state index contributed by atoms with van der Waals surface area (Å²) in [7, 11) is 0. The minimum atomic E-state index is -4.77. The number of halogens is 4. The van der Waals surface area contributed by atoms with Gasteiger partial charge < -0.3 is 5.73 Å². The third-order valence-electron chi connectivity index (χ3n) is 5.09. The predicted molar refractivity (Wildman–Crippen MR) is 114 cm³/mol. The lowest BCUT2D eigenvalue weighted by atomic mass is 10.1. The maximum absolute atomic E-state index is 14.5. The highest BCUT2D eigenvalue weighted by molar-refractivity contribution is 7.71. The lowest BCUT2D eigenvalue weighted by Gasteiger charge is -2.12.